The molecule has 0 aliphatic carbocycles. The zero-order chi connectivity index (χ0) is 12.3. The van der Waals surface area contributed by atoms with Gasteiger partial charge < -0.3 is 10.1 Å². The fourth-order valence-electron chi connectivity index (χ4n) is 1.34. The van der Waals surface area contributed by atoms with Crippen LogP contribution in [0, 0.1) is 0 Å². The molecule has 0 radical (unpaired) electrons. The lowest BCUT2D eigenvalue weighted by Gasteiger charge is -2.00. The average Bonchev–Trinajstić information content (AvgIpc) is 2.32. The number of carboxylic acid groups (broad SMARTS) is 1. The second kappa shape index (κ2) is 4.56. The third kappa shape index (κ3) is 2.54. The van der Waals surface area contributed by atoms with E-state index in [1.54, 1.807) is 24.4 Å². The third-order valence-corrected chi connectivity index (χ3v) is 2.12. The maximum atomic E-state index is 11.6. The van der Waals surface area contributed by atoms with Crippen LogP contribution in [0.1, 0.15) is 5.56 Å². The van der Waals surface area contributed by atoms with Crippen LogP contribution in [0.25, 0.3) is 11.5 Å². The Morgan fingerprint density at radius 3 is 2.76 bits per heavy atom. The van der Waals surface area contributed by atoms with Crippen LogP contribution in [0.15, 0.2) is 35.4 Å². The molecule has 0 saturated carbocycles. The fourth-order valence-corrected chi connectivity index (χ4v) is 1.34. The first-order chi connectivity index (χ1) is 8.16. The molecule has 0 bridgehead atoms. The number of rotatable bonds is 3. The summed E-state index contributed by atoms with van der Waals surface area (Å²) in [6.07, 6.45) is 2.50. The van der Waals surface area contributed by atoms with Crippen molar-refractivity contribution in [2.24, 2.45) is 0 Å². The third-order valence-electron chi connectivity index (χ3n) is 2.12. The maximum absolute atomic E-state index is 11.6. The maximum Gasteiger partial charge on any atom is 0.308 e. The van der Waals surface area contributed by atoms with Gasteiger partial charge in [-0.05, 0) is 12.1 Å². The number of aromatic nitrogens is 3. The lowest BCUT2D eigenvalue weighted by Crippen LogP contribution is -2.17. The van der Waals surface area contributed by atoms with Crippen molar-refractivity contribution >= 4 is 5.97 Å². The Labute approximate surface area is 96.0 Å². The molecule has 0 saturated heterocycles. The fraction of sp³-hybridized carbons (Fsp3) is 0.0909. The number of aromatic amines is 1. The molecule has 86 valence electrons. The molecule has 6 heteroatoms. The van der Waals surface area contributed by atoms with Crippen LogP contribution in [0.2, 0.25) is 0 Å². The van der Waals surface area contributed by atoms with Gasteiger partial charge in [0.1, 0.15) is 5.69 Å². The zero-order valence-corrected chi connectivity index (χ0v) is 8.75. The number of carboxylic acids is 1. The van der Waals surface area contributed by atoms with Crippen LogP contribution in [0.3, 0.4) is 0 Å². The molecule has 0 amide bonds. The Morgan fingerprint density at radius 1 is 1.35 bits per heavy atom. The number of nitrogens with zero attached hydrogens (tertiary/aromatic N) is 2. The summed E-state index contributed by atoms with van der Waals surface area (Å²) >= 11 is 0. The number of nitrogens with one attached hydrogen (secondary N) is 1. The highest BCUT2D eigenvalue weighted by Crippen LogP contribution is 2.07. The van der Waals surface area contributed by atoms with Gasteiger partial charge in [0, 0.05) is 18.0 Å². The molecule has 6 nitrogen and oxygen atoms in total. The molecular weight excluding hydrogens is 222 g/mol. The summed E-state index contributed by atoms with van der Waals surface area (Å²) in [6.45, 7) is 0. The number of carbonyl (C=O) groups is 1. The van der Waals surface area contributed by atoms with Crippen LogP contribution in [0.4, 0.5) is 0 Å². The number of pyridine rings is 1. The Hall–Kier alpha value is -2.50. The second-order valence-electron chi connectivity index (χ2n) is 3.37. The summed E-state index contributed by atoms with van der Waals surface area (Å²) in [6, 6.07) is 5.23. The summed E-state index contributed by atoms with van der Waals surface area (Å²) in [5, 5.41) is 8.58. The first-order valence-corrected chi connectivity index (χ1v) is 4.88. The van der Waals surface area contributed by atoms with Gasteiger partial charge in [-0.2, -0.15) is 0 Å². The summed E-state index contributed by atoms with van der Waals surface area (Å²) in [4.78, 5) is 32.6. The van der Waals surface area contributed by atoms with Gasteiger partial charge in [-0.25, -0.2) is 4.98 Å². The standard InChI is InChI=1S/C11H9N3O3/c15-9(16)5-7-6-13-10(14-11(7)17)8-3-1-2-4-12-8/h1-4,6H,5H2,(H,15,16)(H,13,14,17). The van der Waals surface area contributed by atoms with Crippen molar-refractivity contribution in [3.8, 4) is 11.5 Å². The van der Waals surface area contributed by atoms with E-state index < -0.39 is 11.5 Å². The number of hydrogen-bond donors (Lipinski definition) is 2. The minimum atomic E-state index is -1.07. The van der Waals surface area contributed by atoms with Crippen molar-refractivity contribution in [3.63, 3.8) is 0 Å². The van der Waals surface area contributed by atoms with E-state index in [0.717, 1.165) is 0 Å². The van der Waals surface area contributed by atoms with Gasteiger partial charge in [-0.3, -0.25) is 14.6 Å². The van der Waals surface area contributed by atoms with Crippen molar-refractivity contribution in [2.45, 2.75) is 6.42 Å². The lowest BCUT2D eigenvalue weighted by atomic mass is 10.2. The van der Waals surface area contributed by atoms with Crippen molar-refractivity contribution in [1.29, 1.82) is 0 Å². The lowest BCUT2D eigenvalue weighted by molar-refractivity contribution is -0.136. The van der Waals surface area contributed by atoms with Crippen LogP contribution >= 0.6 is 0 Å². The van der Waals surface area contributed by atoms with Gasteiger partial charge in [-0.1, -0.05) is 6.07 Å². The van der Waals surface area contributed by atoms with Crippen LogP contribution < -0.4 is 5.56 Å². The first-order valence-electron chi connectivity index (χ1n) is 4.88. The van der Waals surface area contributed by atoms with Gasteiger partial charge in [0.05, 0.1) is 6.42 Å². The van der Waals surface area contributed by atoms with E-state index in [1.165, 1.54) is 6.20 Å². The molecule has 0 aliphatic heterocycles. The van der Waals surface area contributed by atoms with Gasteiger partial charge in [0.15, 0.2) is 5.82 Å². The molecule has 2 N–H and O–H groups in total. The van der Waals surface area contributed by atoms with Crippen LogP contribution in [-0.2, 0) is 11.2 Å². The van der Waals surface area contributed by atoms with Gasteiger partial charge in [-0.15, -0.1) is 0 Å². The largest absolute Gasteiger partial charge is 0.481 e. The summed E-state index contributed by atoms with van der Waals surface area (Å²) in [5.41, 5.74) is 0.201. The van der Waals surface area contributed by atoms with Gasteiger partial charge >= 0.3 is 5.97 Å². The molecule has 17 heavy (non-hydrogen) atoms. The van der Waals surface area contributed by atoms with E-state index in [2.05, 4.69) is 15.0 Å². The summed E-state index contributed by atoms with van der Waals surface area (Å²) < 4.78 is 0. The SMILES string of the molecule is O=C(O)Cc1cnc(-c2ccccn2)[nH]c1=O. The number of H-pyrrole nitrogens is 1. The van der Waals surface area contributed by atoms with E-state index in [1.807, 2.05) is 0 Å². The molecule has 2 rings (SSSR count). The predicted molar refractivity (Wildman–Crippen MR) is 59.4 cm³/mol. The Morgan fingerprint density at radius 2 is 2.18 bits per heavy atom. The molecule has 2 aromatic heterocycles. The van der Waals surface area contributed by atoms with E-state index in [-0.39, 0.29) is 12.0 Å². The minimum Gasteiger partial charge on any atom is -0.481 e. The first kappa shape index (κ1) is 11.0. The van der Waals surface area contributed by atoms with Gasteiger partial charge in [0.25, 0.3) is 5.56 Å². The van der Waals surface area contributed by atoms with E-state index in [0.29, 0.717) is 11.5 Å². The highest BCUT2D eigenvalue weighted by Gasteiger charge is 2.08. The van der Waals surface area contributed by atoms with Crippen molar-refractivity contribution in [1.82, 2.24) is 15.0 Å². The normalized spacial score (nSPS) is 10.1. The van der Waals surface area contributed by atoms with Crippen LogP contribution in [0.5, 0.6) is 0 Å². The minimum absolute atomic E-state index is 0.122. The molecule has 2 aromatic rings. The predicted octanol–water partition coefficient (Wildman–Crippen LogP) is 0.459. The zero-order valence-electron chi connectivity index (χ0n) is 8.75. The Balaban J connectivity index is 2.38. The van der Waals surface area contributed by atoms with Crippen molar-refractivity contribution in [3.05, 3.63) is 46.5 Å². The van der Waals surface area contributed by atoms with E-state index in [9.17, 15) is 9.59 Å². The highest BCUT2D eigenvalue weighted by molar-refractivity contribution is 5.69. The van der Waals surface area contributed by atoms with Crippen LogP contribution in [-0.4, -0.2) is 26.0 Å². The summed E-state index contributed by atoms with van der Waals surface area (Å²) in [5.74, 6) is -0.743. The monoisotopic (exact) mass is 231 g/mol. The van der Waals surface area contributed by atoms with Crippen molar-refractivity contribution in [2.75, 3.05) is 0 Å². The quantitative estimate of drug-likeness (QED) is 0.799. The molecule has 0 aliphatic rings. The van der Waals surface area contributed by atoms with E-state index >= 15 is 0 Å². The van der Waals surface area contributed by atoms with Gasteiger partial charge in [0.2, 0.25) is 0 Å². The molecular formula is C11H9N3O3. The molecule has 2 heterocycles. The van der Waals surface area contributed by atoms with E-state index in [4.69, 9.17) is 5.11 Å². The van der Waals surface area contributed by atoms with Crippen molar-refractivity contribution < 1.29 is 9.90 Å². The topological polar surface area (TPSA) is 95.9 Å². The molecule has 0 fully saturated rings. The Kier molecular flexibility index (Phi) is 2.95. The Bertz CT molecular complexity index is 592. The molecule has 0 spiro atoms. The number of aliphatic carboxylic acids is 1. The highest BCUT2D eigenvalue weighted by atomic mass is 16.4. The number of hydrogen-bond acceptors (Lipinski definition) is 4. The average molecular weight is 231 g/mol. The smallest absolute Gasteiger partial charge is 0.308 e. The molecule has 0 aromatic carbocycles. The molecule has 0 atom stereocenters. The molecule has 0 unspecified atom stereocenters. The summed E-state index contributed by atoms with van der Waals surface area (Å²) in [7, 11) is 0. The second-order valence-corrected chi connectivity index (χ2v) is 3.37.